The van der Waals surface area contributed by atoms with Crippen LogP contribution in [-0.4, -0.2) is 29.0 Å². The SMILES string of the molecule is C[C@@H](NC(=O)c1cc2ccccc2o1)c1cc(=O)[nH]c(N2CCCC2)n1. The Bertz CT molecular complexity index is 968. The van der Waals surface area contributed by atoms with Gasteiger partial charge in [0.05, 0.1) is 11.7 Å². The smallest absolute Gasteiger partial charge is 0.287 e. The lowest BCUT2D eigenvalue weighted by molar-refractivity contribution is 0.0913. The Labute approximate surface area is 150 Å². The van der Waals surface area contributed by atoms with Gasteiger partial charge in [-0.15, -0.1) is 0 Å². The highest BCUT2D eigenvalue weighted by Gasteiger charge is 2.20. The van der Waals surface area contributed by atoms with E-state index < -0.39 is 6.04 Å². The van der Waals surface area contributed by atoms with Crippen molar-refractivity contribution in [2.24, 2.45) is 0 Å². The lowest BCUT2D eigenvalue weighted by atomic mass is 10.2. The predicted octanol–water partition coefficient (Wildman–Crippen LogP) is 2.61. The van der Waals surface area contributed by atoms with Crippen LogP contribution in [0.25, 0.3) is 11.0 Å². The van der Waals surface area contributed by atoms with Gasteiger partial charge in [-0.05, 0) is 31.9 Å². The lowest BCUT2D eigenvalue weighted by Crippen LogP contribution is -2.30. The third-order valence-electron chi connectivity index (χ3n) is 4.60. The second-order valence-corrected chi connectivity index (χ2v) is 6.53. The van der Waals surface area contributed by atoms with E-state index in [1.807, 2.05) is 24.3 Å². The molecule has 0 saturated carbocycles. The fourth-order valence-electron chi connectivity index (χ4n) is 3.20. The number of rotatable bonds is 4. The summed E-state index contributed by atoms with van der Waals surface area (Å²) in [5.74, 6) is 0.469. The minimum absolute atomic E-state index is 0.221. The molecule has 1 fully saturated rings. The molecule has 3 heterocycles. The third kappa shape index (κ3) is 3.20. The van der Waals surface area contributed by atoms with E-state index in [1.54, 1.807) is 13.0 Å². The molecular weight excluding hydrogens is 332 g/mol. The van der Waals surface area contributed by atoms with Crippen molar-refractivity contribution in [1.29, 1.82) is 0 Å². The molecule has 1 atom stereocenters. The first-order valence-corrected chi connectivity index (χ1v) is 8.76. The van der Waals surface area contributed by atoms with Crippen LogP contribution < -0.4 is 15.8 Å². The molecule has 1 aromatic carbocycles. The van der Waals surface area contributed by atoms with Crippen LogP contribution in [0.4, 0.5) is 5.95 Å². The Hall–Kier alpha value is -3.09. The lowest BCUT2D eigenvalue weighted by Gasteiger charge is -2.18. The van der Waals surface area contributed by atoms with E-state index in [2.05, 4.69) is 20.2 Å². The molecule has 0 spiro atoms. The highest BCUT2D eigenvalue weighted by molar-refractivity contribution is 5.96. The summed E-state index contributed by atoms with van der Waals surface area (Å²) in [5.41, 5.74) is 0.970. The molecule has 2 N–H and O–H groups in total. The zero-order valence-electron chi connectivity index (χ0n) is 14.5. The normalized spacial score (nSPS) is 15.3. The maximum atomic E-state index is 12.5. The largest absolute Gasteiger partial charge is 0.451 e. The van der Waals surface area contributed by atoms with Gasteiger partial charge in [0.25, 0.3) is 11.5 Å². The molecule has 0 aliphatic carbocycles. The molecule has 7 nitrogen and oxygen atoms in total. The number of H-pyrrole nitrogens is 1. The van der Waals surface area contributed by atoms with Gasteiger partial charge in [-0.3, -0.25) is 14.6 Å². The quantitative estimate of drug-likeness (QED) is 0.753. The maximum absolute atomic E-state index is 12.5. The monoisotopic (exact) mass is 352 g/mol. The van der Waals surface area contributed by atoms with Gasteiger partial charge >= 0.3 is 0 Å². The van der Waals surface area contributed by atoms with E-state index in [0.717, 1.165) is 31.3 Å². The summed E-state index contributed by atoms with van der Waals surface area (Å²) in [6.07, 6.45) is 2.18. The van der Waals surface area contributed by atoms with Crippen LogP contribution in [0.2, 0.25) is 0 Å². The summed E-state index contributed by atoms with van der Waals surface area (Å²) >= 11 is 0. The van der Waals surface area contributed by atoms with E-state index in [-0.39, 0.29) is 17.2 Å². The number of benzene rings is 1. The maximum Gasteiger partial charge on any atom is 0.287 e. The Morgan fingerprint density at radius 2 is 2.04 bits per heavy atom. The average Bonchev–Trinajstić information content (AvgIpc) is 3.30. The molecule has 134 valence electrons. The van der Waals surface area contributed by atoms with Gasteiger partial charge < -0.3 is 14.6 Å². The summed E-state index contributed by atoms with van der Waals surface area (Å²) in [4.78, 5) is 33.8. The number of carbonyl (C=O) groups excluding carboxylic acids is 1. The number of hydrogen-bond donors (Lipinski definition) is 2. The molecule has 1 aliphatic rings. The van der Waals surface area contributed by atoms with Gasteiger partial charge in [-0.25, -0.2) is 4.98 Å². The van der Waals surface area contributed by atoms with Crippen LogP contribution in [0.1, 0.15) is 42.1 Å². The van der Waals surface area contributed by atoms with Gasteiger partial charge in [0.1, 0.15) is 5.58 Å². The number of nitrogens with one attached hydrogen (secondary N) is 2. The van der Waals surface area contributed by atoms with E-state index in [9.17, 15) is 9.59 Å². The van der Waals surface area contributed by atoms with Gasteiger partial charge in [-0.1, -0.05) is 18.2 Å². The fraction of sp³-hybridized carbons (Fsp3) is 0.316. The molecule has 1 amide bonds. The second kappa shape index (κ2) is 6.67. The third-order valence-corrected chi connectivity index (χ3v) is 4.60. The van der Waals surface area contributed by atoms with Crippen molar-refractivity contribution >= 4 is 22.8 Å². The van der Waals surface area contributed by atoms with Crippen molar-refractivity contribution in [3.05, 3.63) is 58.2 Å². The Balaban J connectivity index is 1.54. The molecule has 3 aromatic rings. The predicted molar refractivity (Wildman–Crippen MR) is 98.4 cm³/mol. The number of nitrogens with zero attached hydrogens (tertiary/aromatic N) is 2. The molecule has 4 rings (SSSR count). The van der Waals surface area contributed by atoms with Gasteiger partial charge in [0.15, 0.2) is 5.76 Å². The average molecular weight is 352 g/mol. The molecule has 7 heteroatoms. The van der Waals surface area contributed by atoms with Crippen LogP contribution >= 0.6 is 0 Å². The Kier molecular flexibility index (Phi) is 4.20. The van der Waals surface area contributed by atoms with Crippen molar-refractivity contribution in [3.63, 3.8) is 0 Å². The summed E-state index contributed by atoms with van der Waals surface area (Å²) in [6, 6.07) is 10.2. The summed E-state index contributed by atoms with van der Waals surface area (Å²) in [5, 5.41) is 3.72. The first-order chi connectivity index (χ1) is 12.6. The van der Waals surface area contributed by atoms with Crippen LogP contribution in [0, 0.1) is 0 Å². The van der Waals surface area contributed by atoms with E-state index in [4.69, 9.17) is 4.42 Å². The zero-order chi connectivity index (χ0) is 18.1. The Morgan fingerprint density at radius 3 is 2.81 bits per heavy atom. The highest BCUT2D eigenvalue weighted by Crippen LogP contribution is 2.20. The number of aromatic amines is 1. The van der Waals surface area contributed by atoms with Gasteiger partial charge in [0, 0.05) is 24.5 Å². The molecule has 1 saturated heterocycles. The number of fused-ring (bicyclic) bond motifs is 1. The van der Waals surface area contributed by atoms with Crippen molar-refractivity contribution in [2.45, 2.75) is 25.8 Å². The first kappa shape index (κ1) is 16.4. The highest BCUT2D eigenvalue weighted by atomic mass is 16.3. The van der Waals surface area contributed by atoms with Crippen LogP contribution in [0.5, 0.6) is 0 Å². The molecule has 0 unspecified atom stereocenters. The van der Waals surface area contributed by atoms with Crippen molar-refractivity contribution < 1.29 is 9.21 Å². The summed E-state index contributed by atoms with van der Waals surface area (Å²) in [7, 11) is 0. The molecule has 2 aromatic heterocycles. The summed E-state index contributed by atoms with van der Waals surface area (Å²) < 4.78 is 5.59. The van der Waals surface area contributed by atoms with Crippen LogP contribution in [0.15, 0.2) is 45.6 Å². The van der Waals surface area contributed by atoms with Crippen molar-refractivity contribution in [3.8, 4) is 0 Å². The molecule has 26 heavy (non-hydrogen) atoms. The number of anilines is 1. The number of para-hydroxylation sites is 1. The minimum atomic E-state index is -0.417. The molecular formula is C19H20N4O3. The number of aromatic nitrogens is 2. The molecule has 0 radical (unpaired) electrons. The van der Waals surface area contributed by atoms with E-state index in [0.29, 0.717) is 17.2 Å². The standard InChI is InChI=1S/C19H20N4O3/c1-12(14-11-17(24)22-19(21-14)23-8-4-5-9-23)20-18(25)16-10-13-6-2-3-7-15(13)26-16/h2-3,6-7,10-12H,4-5,8-9H2,1H3,(H,20,25)(H,21,22,24)/t12-/m1/s1. The Morgan fingerprint density at radius 1 is 1.27 bits per heavy atom. The number of hydrogen-bond acceptors (Lipinski definition) is 5. The molecule has 0 bridgehead atoms. The first-order valence-electron chi connectivity index (χ1n) is 8.76. The van der Waals surface area contributed by atoms with Crippen LogP contribution in [-0.2, 0) is 0 Å². The number of furan rings is 1. The van der Waals surface area contributed by atoms with E-state index in [1.165, 1.54) is 6.07 Å². The zero-order valence-corrected chi connectivity index (χ0v) is 14.5. The van der Waals surface area contributed by atoms with E-state index >= 15 is 0 Å². The van der Waals surface area contributed by atoms with Crippen LogP contribution in [0.3, 0.4) is 0 Å². The number of carbonyl (C=O) groups is 1. The second-order valence-electron chi connectivity index (χ2n) is 6.53. The fourth-order valence-corrected chi connectivity index (χ4v) is 3.20. The van der Waals surface area contributed by atoms with Crippen molar-refractivity contribution in [2.75, 3.05) is 18.0 Å². The number of amides is 1. The molecule has 1 aliphatic heterocycles. The summed E-state index contributed by atoms with van der Waals surface area (Å²) in [6.45, 7) is 3.56. The van der Waals surface area contributed by atoms with Gasteiger partial charge in [-0.2, -0.15) is 0 Å². The minimum Gasteiger partial charge on any atom is -0.451 e. The van der Waals surface area contributed by atoms with Crippen molar-refractivity contribution in [1.82, 2.24) is 15.3 Å². The van der Waals surface area contributed by atoms with Gasteiger partial charge in [0.2, 0.25) is 5.95 Å². The topological polar surface area (TPSA) is 91.2 Å².